The maximum atomic E-state index is 9.25. The summed E-state index contributed by atoms with van der Waals surface area (Å²) in [5.41, 5.74) is 7.32. The van der Waals surface area contributed by atoms with Gasteiger partial charge in [0.1, 0.15) is 5.82 Å². The van der Waals surface area contributed by atoms with Gasteiger partial charge in [-0.3, -0.25) is 0 Å². The quantitative estimate of drug-likeness (QED) is 0.595. The number of aliphatic hydroxyl groups is 1. The van der Waals surface area contributed by atoms with Crippen molar-refractivity contribution in [2.75, 3.05) is 5.73 Å². The van der Waals surface area contributed by atoms with Crippen molar-refractivity contribution < 1.29 is 5.11 Å². The van der Waals surface area contributed by atoms with Crippen LogP contribution in [-0.2, 0) is 0 Å². The van der Waals surface area contributed by atoms with Gasteiger partial charge in [0.15, 0.2) is 5.05 Å². The van der Waals surface area contributed by atoms with Crippen molar-refractivity contribution in [2.45, 2.75) is 18.8 Å². The van der Waals surface area contributed by atoms with Crippen molar-refractivity contribution in [3.63, 3.8) is 0 Å². The van der Waals surface area contributed by atoms with Gasteiger partial charge in [-0.1, -0.05) is 0 Å². The molecule has 1 fully saturated rings. The van der Waals surface area contributed by atoms with Crippen molar-refractivity contribution in [3.05, 3.63) is 23.4 Å². The second kappa shape index (κ2) is 5.00. The van der Waals surface area contributed by atoms with Crippen molar-refractivity contribution in [2.24, 2.45) is 0 Å². The number of hydrogen-bond donors (Lipinski definition) is 2. The molecule has 0 aliphatic heterocycles. The van der Waals surface area contributed by atoms with Crippen LogP contribution in [-0.4, -0.2) is 66.5 Å². The van der Waals surface area contributed by atoms with Gasteiger partial charge in [-0.15, -0.1) is 0 Å². The van der Waals surface area contributed by atoms with E-state index in [1.165, 1.54) is 0 Å². The first-order chi connectivity index (χ1) is 6.20. The normalized spacial score (nSPS) is 14.6. The number of pyridine rings is 1. The average molecular weight is 234 g/mol. The van der Waals surface area contributed by atoms with Crippen LogP contribution in [0, 0.1) is 0 Å². The Morgan fingerprint density at radius 3 is 2.71 bits per heavy atom. The SMILES string of the molecule is Nc1nccc(C(O)=S)c1C1CC1.[KH]. The van der Waals surface area contributed by atoms with Crippen molar-refractivity contribution in [1.29, 1.82) is 0 Å². The van der Waals surface area contributed by atoms with Crippen LogP contribution in [0.2, 0.25) is 0 Å². The monoisotopic (exact) mass is 234 g/mol. The first-order valence-corrected chi connectivity index (χ1v) is 4.58. The summed E-state index contributed by atoms with van der Waals surface area (Å²) in [5.74, 6) is 0.949. The molecule has 0 saturated heterocycles. The van der Waals surface area contributed by atoms with Crippen LogP contribution in [0.1, 0.15) is 29.9 Å². The van der Waals surface area contributed by atoms with E-state index in [0.717, 1.165) is 18.4 Å². The van der Waals surface area contributed by atoms with E-state index < -0.39 is 0 Å². The second-order valence-electron chi connectivity index (χ2n) is 3.24. The molecule has 1 aliphatic rings. The molecule has 2 rings (SSSR count). The van der Waals surface area contributed by atoms with Gasteiger partial charge in [0, 0.05) is 17.3 Å². The molecule has 1 aromatic rings. The molecule has 1 heterocycles. The van der Waals surface area contributed by atoms with Gasteiger partial charge < -0.3 is 10.8 Å². The van der Waals surface area contributed by atoms with Crippen LogP contribution in [0.4, 0.5) is 5.82 Å². The standard InChI is InChI=1S/C9H10N2OS.K.H/c10-8-7(5-1-2-5)6(9(12)13)3-4-11-8;;/h3-5H,1-2H2,(H2,10,11)(H,12,13);;. The summed E-state index contributed by atoms with van der Waals surface area (Å²) in [7, 11) is 0. The summed E-state index contributed by atoms with van der Waals surface area (Å²) in [6.45, 7) is 0. The zero-order chi connectivity index (χ0) is 9.42. The summed E-state index contributed by atoms with van der Waals surface area (Å²) in [5, 5.41) is 9.17. The van der Waals surface area contributed by atoms with Crippen LogP contribution in [0.15, 0.2) is 12.3 Å². The van der Waals surface area contributed by atoms with Gasteiger partial charge in [-0.2, -0.15) is 0 Å². The molecule has 1 saturated carbocycles. The van der Waals surface area contributed by atoms with E-state index in [0.29, 0.717) is 17.3 Å². The molecule has 0 aromatic carbocycles. The van der Waals surface area contributed by atoms with Gasteiger partial charge >= 0.3 is 51.4 Å². The summed E-state index contributed by atoms with van der Waals surface area (Å²) >= 11 is 4.73. The summed E-state index contributed by atoms with van der Waals surface area (Å²) in [6.07, 6.45) is 3.80. The van der Waals surface area contributed by atoms with Gasteiger partial charge in [0.05, 0.1) is 0 Å². The van der Waals surface area contributed by atoms with Crippen molar-refractivity contribution in [3.8, 4) is 0 Å². The van der Waals surface area contributed by atoms with Crippen molar-refractivity contribution >= 4 is 74.5 Å². The first-order valence-electron chi connectivity index (χ1n) is 4.18. The van der Waals surface area contributed by atoms with E-state index in [2.05, 4.69) is 4.98 Å². The topological polar surface area (TPSA) is 59.1 Å². The minimum atomic E-state index is -0.0870. The number of anilines is 1. The van der Waals surface area contributed by atoms with Crippen LogP contribution in [0.25, 0.3) is 0 Å². The van der Waals surface area contributed by atoms with E-state index in [4.69, 9.17) is 18.0 Å². The van der Waals surface area contributed by atoms with Gasteiger partial charge in [0.2, 0.25) is 0 Å². The van der Waals surface area contributed by atoms with Crippen LogP contribution in [0.3, 0.4) is 0 Å². The predicted molar refractivity (Wildman–Crippen MR) is 62.1 cm³/mol. The average Bonchev–Trinajstić information content (AvgIpc) is 2.86. The Kier molecular flexibility index (Phi) is 4.48. The first kappa shape index (κ1) is 12.5. The summed E-state index contributed by atoms with van der Waals surface area (Å²) in [6, 6.07) is 1.71. The number of rotatable bonds is 2. The fraction of sp³-hybridized carbons (Fsp3) is 0.333. The molecule has 1 aromatic heterocycles. The van der Waals surface area contributed by atoms with E-state index in [1.54, 1.807) is 12.3 Å². The van der Waals surface area contributed by atoms with E-state index in [-0.39, 0.29) is 56.4 Å². The molecular formula is C9H11KN2OS. The van der Waals surface area contributed by atoms with Gasteiger partial charge in [-0.05, 0) is 37.0 Å². The molecule has 0 atom stereocenters. The molecule has 70 valence electrons. The molecule has 3 N–H and O–H groups in total. The molecule has 0 amide bonds. The van der Waals surface area contributed by atoms with Crippen LogP contribution in [0.5, 0.6) is 0 Å². The molecule has 1 aliphatic carbocycles. The van der Waals surface area contributed by atoms with E-state index >= 15 is 0 Å². The third-order valence-corrected chi connectivity index (χ3v) is 2.46. The van der Waals surface area contributed by atoms with Gasteiger partial charge in [0.25, 0.3) is 0 Å². The number of nitrogens with two attached hydrogens (primary N) is 1. The Labute approximate surface area is 131 Å². The number of nitrogens with zero attached hydrogens (tertiary/aromatic N) is 1. The predicted octanol–water partition coefficient (Wildman–Crippen LogP) is 1.13. The van der Waals surface area contributed by atoms with Crippen LogP contribution < -0.4 is 5.73 Å². The second-order valence-corrected chi connectivity index (χ2v) is 3.62. The number of aliphatic hydroxyl groups excluding tert-OH is 1. The third-order valence-electron chi connectivity index (χ3n) is 2.24. The maximum absolute atomic E-state index is 9.25. The van der Waals surface area contributed by atoms with Crippen molar-refractivity contribution in [1.82, 2.24) is 4.98 Å². The summed E-state index contributed by atoms with van der Waals surface area (Å²) < 4.78 is 0. The molecular weight excluding hydrogens is 223 g/mol. The number of thiocarbonyl (C=S) groups is 1. The molecule has 0 spiro atoms. The Morgan fingerprint density at radius 1 is 1.57 bits per heavy atom. The molecule has 3 nitrogen and oxygen atoms in total. The Balaban J connectivity index is 0.000000980. The molecule has 5 heteroatoms. The number of nitrogen functional groups attached to an aromatic ring is 1. The Morgan fingerprint density at radius 2 is 2.21 bits per heavy atom. The minimum absolute atomic E-state index is 0. The Hall–Kier alpha value is 0.476. The Bertz CT molecular complexity index is 366. The third kappa shape index (κ3) is 2.53. The fourth-order valence-electron chi connectivity index (χ4n) is 1.48. The zero-order valence-corrected chi connectivity index (χ0v) is 7.84. The number of hydrogen-bond acceptors (Lipinski definition) is 3. The number of aromatic nitrogens is 1. The molecule has 0 bridgehead atoms. The molecule has 0 unspecified atom stereocenters. The van der Waals surface area contributed by atoms with Crippen LogP contribution >= 0.6 is 12.2 Å². The summed E-state index contributed by atoms with van der Waals surface area (Å²) in [4.78, 5) is 3.99. The molecule has 14 heavy (non-hydrogen) atoms. The van der Waals surface area contributed by atoms with E-state index in [9.17, 15) is 5.11 Å². The fourth-order valence-corrected chi connectivity index (χ4v) is 1.65. The molecule has 0 radical (unpaired) electrons. The van der Waals surface area contributed by atoms with Gasteiger partial charge in [-0.25, -0.2) is 4.98 Å². The zero-order valence-electron chi connectivity index (χ0n) is 7.03. The van der Waals surface area contributed by atoms with E-state index in [1.807, 2.05) is 0 Å².